The van der Waals surface area contributed by atoms with Crippen LogP contribution in [0, 0.1) is 0 Å². The third-order valence-electron chi connectivity index (χ3n) is 4.28. The first kappa shape index (κ1) is 17.0. The van der Waals surface area contributed by atoms with Crippen molar-refractivity contribution in [2.45, 2.75) is 32.4 Å². The molecule has 3 rings (SSSR count). The number of hydrogen-bond donors (Lipinski definition) is 1. The number of hydrogen-bond acceptors (Lipinski definition) is 5. The Bertz CT molecular complexity index is 798. The van der Waals surface area contributed by atoms with Gasteiger partial charge in [-0.25, -0.2) is 0 Å². The largest absolute Gasteiger partial charge is 0.493 e. The third kappa shape index (κ3) is 3.35. The number of methoxy groups -OCH3 is 2. The molecule has 0 saturated carbocycles. The zero-order valence-electron chi connectivity index (χ0n) is 14.5. The summed E-state index contributed by atoms with van der Waals surface area (Å²) in [5, 5.41) is 11.2. The van der Waals surface area contributed by atoms with E-state index < -0.39 is 0 Å². The number of nitrogens with zero attached hydrogens (tertiary/aromatic N) is 3. The van der Waals surface area contributed by atoms with Crippen LogP contribution < -0.4 is 14.8 Å². The molecule has 1 aliphatic rings. The fourth-order valence-corrected chi connectivity index (χ4v) is 3.08. The molecule has 7 heteroatoms. The van der Waals surface area contributed by atoms with Crippen molar-refractivity contribution in [1.82, 2.24) is 20.1 Å². The van der Waals surface area contributed by atoms with E-state index in [1.807, 2.05) is 0 Å². The molecule has 0 saturated heterocycles. The summed E-state index contributed by atoms with van der Waals surface area (Å²) in [5.41, 5.74) is 1.36. The van der Waals surface area contributed by atoms with Gasteiger partial charge in [-0.15, -0.1) is 16.8 Å². The Morgan fingerprint density at radius 2 is 2.20 bits per heavy atom. The van der Waals surface area contributed by atoms with Crippen LogP contribution in [0.15, 0.2) is 24.8 Å². The predicted octanol–water partition coefficient (Wildman–Crippen LogP) is 1.90. The van der Waals surface area contributed by atoms with Crippen LogP contribution in [0.3, 0.4) is 0 Å². The van der Waals surface area contributed by atoms with Crippen LogP contribution in [-0.2, 0) is 25.9 Å². The van der Waals surface area contributed by atoms with Gasteiger partial charge in [0.2, 0.25) is 0 Å². The van der Waals surface area contributed by atoms with E-state index in [0.29, 0.717) is 30.0 Å². The highest BCUT2D eigenvalue weighted by Gasteiger charge is 2.19. The van der Waals surface area contributed by atoms with Crippen molar-refractivity contribution in [2.75, 3.05) is 14.2 Å². The maximum atomic E-state index is 12.6. The SMILES string of the molecule is C=CCc1cc(C(=O)NCc2nnc3n2CCC3)cc(OC)c1OC. The zero-order chi connectivity index (χ0) is 17.8. The van der Waals surface area contributed by atoms with Crippen molar-refractivity contribution in [3.8, 4) is 11.5 Å². The summed E-state index contributed by atoms with van der Waals surface area (Å²) >= 11 is 0. The molecule has 1 aliphatic heterocycles. The number of nitrogens with one attached hydrogen (secondary N) is 1. The van der Waals surface area contributed by atoms with Gasteiger partial charge >= 0.3 is 0 Å². The van der Waals surface area contributed by atoms with Gasteiger partial charge in [0.1, 0.15) is 5.82 Å². The van der Waals surface area contributed by atoms with E-state index in [9.17, 15) is 4.79 Å². The number of benzene rings is 1. The van der Waals surface area contributed by atoms with Crippen LogP contribution in [0.2, 0.25) is 0 Å². The molecule has 132 valence electrons. The molecule has 2 heterocycles. The maximum absolute atomic E-state index is 12.6. The second-order valence-electron chi connectivity index (χ2n) is 5.83. The lowest BCUT2D eigenvalue weighted by Gasteiger charge is -2.14. The number of ether oxygens (including phenoxy) is 2. The molecule has 0 fully saturated rings. The number of amides is 1. The van der Waals surface area contributed by atoms with Crippen molar-refractivity contribution in [2.24, 2.45) is 0 Å². The lowest BCUT2D eigenvalue weighted by molar-refractivity contribution is 0.0949. The Balaban J connectivity index is 1.79. The minimum absolute atomic E-state index is 0.193. The number of aryl methyl sites for hydroxylation is 1. The Morgan fingerprint density at radius 3 is 2.92 bits per heavy atom. The van der Waals surface area contributed by atoms with Gasteiger partial charge in [0.05, 0.1) is 20.8 Å². The topological polar surface area (TPSA) is 78.3 Å². The van der Waals surface area contributed by atoms with Crippen molar-refractivity contribution in [3.05, 3.63) is 47.6 Å². The molecule has 1 aromatic heterocycles. The zero-order valence-corrected chi connectivity index (χ0v) is 14.5. The number of rotatable bonds is 7. The Kier molecular flexibility index (Phi) is 5.02. The molecule has 0 atom stereocenters. The van der Waals surface area contributed by atoms with Crippen LogP contribution >= 0.6 is 0 Å². The van der Waals surface area contributed by atoms with Crippen molar-refractivity contribution in [1.29, 1.82) is 0 Å². The van der Waals surface area contributed by atoms with E-state index in [2.05, 4.69) is 26.7 Å². The van der Waals surface area contributed by atoms with E-state index in [1.165, 1.54) is 0 Å². The highest BCUT2D eigenvalue weighted by molar-refractivity contribution is 5.95. The van der Waals surface area contributed by atoms with Crippen LogP contribution in [0.1, 0.15) is 34.0 Å². The average molecular weight is 342 g/mol. The van der Waals surface area contributed by atoms with Crippen molar-refractivity contribution in [3.63, 3.8) is 0 Å². The van der Waals surface area contributed by atoms with Gasteiger partial charge in [0, 0.05) is 24.1 Å². The molecular formula is C18H22N4O3. The fraction of sp³-hybridized carbons (Fsp3) is 0.389. The van der Waals surface area contributed by atoms with Crippen LogP contribution in [-0.4, -0.2) is 34.9 Å². The summed E-state index contributed by atoms with van der Waals surface area (Å²) in [6.45, 7) is 5.00. The van der Waals surface area contributed by atoms with Crippen LogP contribution in [0.5, 0.6) is 11.5 Å². The smallest absolute Gasteiger partial charge is 0.251 e. The lowest BCUT2D eigenvalue weighted by Crippen LogP contribution is -2.25. The van der Waals surface area contributed by atoms with Gasteiger partial charge in [-0.3, -0.25) is 4.79 Å². The standard InChI is InChI=1S/C18H22N4O3/c1-4-6-12-9-13(10-14(24-2)17(12)25-3)18(23)19-11-16-21-20-15-7-5-8-22(15)16/h4,9-10H,1,5-8,11H2,2-3H3,(H,19,23). The van der Waals surface area contributed by atoms with Crippen LogP contribution in [0.4, 0.5) is 0 Å². The normalized spacial score (nSPS) is 12.6. The summed E-state index contributed by atoms with van der Waals surface area (Å²) in [4.78, 5) is 12.6. The lowest BCUT2D eigenvalue weighted by atomic mass is 10.0. The number of carbonyl (C=O) groups is 1. The van der Waals surface area contributed by atoms with Gasteiger partial charge in [-0.05, 0) is 25.0 Å². The van der Waals surface area contributed by atoms with E-state index >= 15 is 0 Å². The van der Waals surface area contributed by atoms with E-state index in [0.717, 1.165) is 36.6 Å². The molecule has 25 heavy (non-hydrogen) atoms. The first-order valence-electron chi connectivity index (χ1n) is 8.22. The highest BCUT2D eigenvalue weighted by atomic mass is 16.5. The van der Waals surface area contributed by atoms with E-state index in [1.54, 1.807) is 32.4 Å². The summed E-state index contributed by atoms with van der Waals surface area (Å²) in [5.74, 6) is 2.72. The molecule has 7 nitrogen and oxygen atoms in total. The minimum Gasteiger partial charge on any atom is -0.493 e. The minimum atomic E-state index is -0.193. The fourth-order valence-electron chi connectivity index (χ4n) is 3.08. The summed E-state index contributed by atoms with van der Waals surface area (Å²) in [6, 6.07) is 3.47. The quantitative estimate of drug-likeness (QED) is 0.778. The second-order valence-corrected chi connectivity index (χ2v) is 5.83. The molecule has 1 amide bonds. The molecule has 2 aromatic rings. The van der Waals surface area contributed by atoms with E-state index in [4.69, 9.17) is 9.47 Å². The van der Waals surface area contributed by atoms with Crippen molar-refractivity contribution >= 4 is 5.91 Å². The number of carbonyl (C=O) groups excluding carboxylic acids is 1. The average Bonchev–Trinajstić information content (AvgIpc) is 3.23. The molecule has 0 aliphatic carbocycles. The Labute approximate surface area is 146 Å². The molecular weight excluding hydrogens is 320 g/mol. The molecule has 0 radical (unpaired) electrons. The Morgan fingerprint density at radius 1 is 1.36 bits per heavy atom. The molecule has 1 N–H and O–H groups in total. The molecule has 0 spiro atoms. The van der Waals surface area contributed by atoms with Crippen molar-refractivity contribution < 1.29 is 14.3 Å². The van der Waals surface area contributed by atoms with Gasteiger partial charge < -0.3 is 19.4 Å². The highest BCUT2D eigenvalue weighted by Crippen LogP contribution is 2.33. The third-order valence-corrected chi connectivity index (χ3v) is 4.28. The Hall–Kier alpha value is -2.83. The van der Waals surface area contributed by atoms with E-state index in [-0.39, 0.29) is 5.91 Å². The number of aromatic nitrogens is 3. The monoisotopic (exact) mass is 342 g/mol. The first-order chi connectivity index (χ1) is 12.2. The first-order valence-corrected chi connectivity index (χ1v) is 8.22. The molecule has 0 bridgehead atoms. The number of allylic oxidation sites excluding steroid dienone is 1. The number of fused-ring (bicyclic) bond motifs is 1. The van der Waals surface area contributed by atoms with Gasteiger partial charge in [0.25, 0.3) is 5.91 Å². The second kappa shape index (κ2) is 7.38. The predicted molar refractivity (Wildman–Crippen MR) is 93.0 cm³/mol. The summed E-state index contributed by atoms with van der Waals surface area (Å²) in [6.07, 6.45) is 4.37. The van der Waals surface area contributed by atoms with Crippen LogP contribution in [0.25, 0.3) is 0 Å². The maximum Gasteiger partial charge on any atom is 0.251 e. The molecule has 1 aromatic carbocycles. The summed E-state index contributed by atoms with van der Waals surface area (Å²) in [7, 11) is 3.13. The van der Waals surface area contributed by atoms with Gasteiger partial charge in [-0.2, -0.15) is 0 Å². The molecule has 0 unspecified atom stereocenters. The summed E-state index contributed by atoms with van der Waals surface area (Å²) < 4.78 is 12.8. The van der Waals surface area contributed by atoms with Gasteiger partial charge in [0.15, 0.2) is 17.3 Å². The van der Waals surface area contributed by atoms with Gasteiger partial charge in [-0.1, -0.05) is 6.08 Å².